The van der Waals surface area contributed by atoms with Gasteiger partial charge in [0.15, 0.2) is 5.82 Å². The summed E-state index contributed by atoms with van der Waals surface area (Å²) >= 11 is 1.55. The average molecular weight is 265 g/mol. The van der Waals surface area contributed by atoms with E-state index in [1.54, 1.807) is 18.4 Å². The van der Waals surface area contributed by atoms with Crippen molar-refractivity contribution >= 4 is 11.3 Å². The summed E-state index contributed by atoms with van der Waals surface area (Å²) in [7, 11) is 1.65. The van der Waals surface area contributed by atoms with Gasteiger partial charge in [-0.15, -0.1) is 11.3 Å². The average Bonchev–Trinajstić information content (AvgIpc) is 3.08. The third kappa shape index (κ3) is 2.26. The Morgan fingerprint density at radius 2 is 2.44 bits per heavy atom. The highest BCUT2D eigenvalue weighted by atomic mass is 32.1. The van der Waals surface area contributed by atoms with Crippen molar-refractivity contribution in [3.63, 3.8) is 0 Å². The van der Waals surface area contributed by atoms with Crippen molar-refractivity contribution in [2.45, 2.75) is 25.3 Å². The Balaban J connectivity index is 1.79. The number of nitrogens with one attached hydrogen (secondary N) is 1. The van der Waals surface area contributed by atoms with Crippen LogP contribution in [0, 0.1) is 0 Å². The van der Waals surface area contributed by atoms with Gasteiger partial charge in [-0.05, 0) is 19.4 Å². The molecule has 0 bridgehead atoms. The number of ether oxygens (including phenoxy) is 1. The maximum Gasteiger partial charge on any atom is 0.268 e. The fraction of sp³-hybridized carbons (Fsp3) is 0.500. The number of piperidine rings is 1. The molecule has 0 aliphatic carbocycles. The van der Waals surface area contributed by atoms with Crippen molar-refractivity contribution in [2.24, 2.45) is 0 Å². The fourth-order valence-corrected chi connectivity index (χ4v) is 2.86. The summed E-state index contributed by atoms with van der Waals surface area (Å²) in [5, 5.41) is 9.41. The van der Waals surface area contributed by atoms with Crippen LogP contribution in [0.3, 0.4) is 0 Å². The van der Waals surface area contributed by atoms with E-state index in [0.29, 0.717) is 5.89 Å². The number of nitrogens with zero attached hydrogens (tertiary/aromatic N) is 2. The monoisotopic (exact) mass is 265 g/mol. The number of hydrogen-bond acceptors (Lipinski definition) is 6. The molecule has 96 valence electrons. The minimum atomic E-state index is 0.234. The number of methoxy groups -OCH3 is 1. The van der Waals surface area contributed by atoms with Crippen LogP contribution in [0.1, 0.15) is 31.1 Å². The predicted molar refractivity (Wildman–Crippen MR) is 68.8 cm³/mol. The minimum absolute atomic E-state index is 0.234. The molecular weight excluding hydrogens is 250 g/mol. The van der Waals surface area contributed by atoms with Crippen molar-refractivity contribution in [3.05, 3.63) is 17.3 Å². The van der Waals surface area contributed by atoms with Gasteiger partial charge in [-0.25, -0.2) is 0 Å². The Labute approximate surface area is 109 Å². The molecule has 1 N–H and O–H groups in total. The van der Waals surface area contributed by atoms with Crippen LogP contribution in [0.5, 0.6) is 5.75 Å². The summed E-state index contributed by atoms with van der Waals surface area (Å²) in [6, 6.07) is 2.15. The normalized spacial score (nSPS) is 19.9. The quantitative estimate of drug-likeness (QED) is 0.924. The minimum Gasteiger partial charge on any atom is -0.496 e. The Morgan fingerprint density at radius 1 is 1.50 bits per heavy atom. The molecule has 1 fully saturated rings. The van der Waals surface area contributed by atoms with Crippen LogP contribution in [0.15, 0.2) is 16.0 Å². The number of aromatic nitrogens is 2. The van der Waals surface area contributed by atoms with Crippen molar-refractivity contribution < 1.29 is 9.26 Å². The van der Waals surface area contributed by atoms with E-state index in [1.807, 2.05) is 11.4 Å². The molecule has 3 rings (SSSR count). The highest BCUT2D eigenvalue weighted by molar-refractivity contribution is 7.13. The zero-order chi connectivity index (χ0) is 12.4. The molecule has 1 aliphatic heterocycles. The standard InChI is InChI=1S/C12H15N3O2S/c1-16-8-6-10(18-7-8)12-14-11(15-17-12)9-4-2-3-5-13-9/h6-7,9,13H,2-5H2,1H3. The Kier molecular flexibility index (Phi) is 3.29. The number of thiophene rings is 1. The van der Waals surface area contributed by atoms with Crippen LogP contribution in [0.2, 0.25) is 0 Å². The van der Waals surface area contributed by atoms with Crippen molar-refractivity contribution in [2.75, 3.05) is 13.7 Å². The second-order valence-corrected chi connectivity index (χ2v) is 5.22. The van der Waals surface area contributed by atoms with Gasteiger partial charge in [0.25, 0.3) is 5.89 Å². The molecule has 3 heterocycles. The third-order valence-corrected chi connectivity index (χ3v) is 3.98. The van der Waals surface area contributed by atoms with Crippen LogP contribution in [-0.2, 0) is 0 Å². The molecule has 2 aromatic rings. The highest BCUT2D eigenvalue weighted by Gasteiger charge is 2.21. The summed E-state index contributed by atoms with van der Waals surface area (Å²) in [6.45, 7) is 1.03. The number of rotatable bonds is 3. The molecule has 18 heavy (non-hydrogen) atoms. The first-order chi connectivity index (χ1) is 8.86. The summed E-state index contributed by atoms with van der Waals surface area (Å²) in [5.41, 5.74) is 0. The molecule has 0 spiro atoms. The van der Waals surface area contributed by atoms with Gasteiger partial charge in [-0.2, -0.15) is 4.98 Å². The molecule has 0 aromatic carbocycles. The van der Waals surface area contributed by atoms with E-state index in [0.717, 1.165) is 29.4 Å². The summed E-state index contributed by atoms with van der Waals surface area (Å²) in [4.78, 5) is 5.41. The van der Waals surface area contributed by atoms with Gasteiger partial charge < -0.3 is 14.6 Å². The molecule has 1 aliphatic rings. The van der Waals surface area contributed by atoms with Crippen LogP contribution in [-0.4, -0.2) is 23.8 Å². The zero-order valence-corrected chi connectivity index (χ0v) is 11.0. The molecule has 2 aromatic heterocycles. The molecule has 1 saturated heterocycles. The van der Waals surface area contributed by atoms with E-state index in [9.17, 15) is 0 Å². The molecule has 1 atom stereocenters. The molecule has 0 amide bonds. The van der Waals surface area contributed by atoms with Gasteiger partial charge in [0.2, 0.25) is 0 Å². The lowest BCUT2D eigenvalue weighted by atomic mass is 10.0. The lowest BCUT2D eigenvalue weighted by molar-refractivity contribution is 0.367. The van der Waals surface area contributed by atoms with Gasteiger partial charge in [-0.1, -0.05) is 11.6 Å². The van der Waals surface area contributed by atoms with Gasteiger partial charge in [0.1, 0.15) is 5.75 Å². The molecular formula is C12H15N3O2S. The molecule has 0 radical (unpaired) electrons. The van der Waals surface area contributed by atoms with E-state index in [4.69, 9.17) is 9.26 Å². The van der Waals surface area contributed by atoms with Gasteiger partial charge >= 0.3 is 0 Å². The lowest BCUT2D eigenvalue weighted by Gasteiger charge is -2.19. The lowest BCUT2D eigenvalue weighted by Crippen LogP contribution is -2.27. The summed E-state index contributed by atoms with van der Waals surface area (Å²) in [6.07, 6.45) is 3.52. The zero-order valence-electron chi connectivity index (χ0n) is 10.2. The van der Waals surface area contributed by atoms with E-state index >= 15 is 0 Å². The second-order valence-electron chi connectivity index (χ2n) is 4.31. The molecule has 0 saturated carbocycles. The number of hydrogen-bond donors (Lipinski definition) is 1. The maximum atomic E-state index is 5.32. The Morgan fingerprint density at radius 3 is 3.17 bits per heavy atom. The van der Waals surface area contributed by atoms with Crippen LogP contribution in [0.25, 0.3) is 10.8 Å². The first-order valence-electron chi connectivity index (χ1n) is 6.06. The van der Waals surface area contributed by atoms with Crippen LogP contribution in [0.4, 0.5) is 0 Å². The van der Waals surface area contributed by atoms with E-state index in [1.165, 1.54) is 12.8 Å². The molecule has 5 nitrogen and oxygen atoms in total. The highest BCUT2D eigenvalue weighted by Crippen LogP contribution is 2.31. The van der Waals surface area contributed by atoms with Gasteiger partial charge in [0.05, 0.1) is 18.0 Å². The smallest absolute Gasteiger partial charge is 0.268 e. The fourth-order valence-electron chi connectivity index (χ4n) is 2.09. The van der Waals surface area contributed by atoms with Crippen LogP contribution >= 0.6 is 11.3 Å². The second kappa shape index (κ2) is 5.07. The Hall–Kier alpha value is -1.40. The van der Waals surface area contributed by atoms with Crippen molar-refractivity contribution in [1.29, 1.82) is 0 Å². The summed E-state index contributed by atoms with van der Waals surface area (Å²) < 4.78 is 10.5. The summed E-state index contributed by atoms with van der Waals surface area (Å²) in [5.74, 6) is 2.16. The topological polar surface area (TPSA) is 60.2 Å². The van der Waals surface area contributed by atoms with E-state index < -0.39 is 0 Å². The first kappa shape index (κ1) is 11.7. The van der Waals surface area contributed by atoms with Gasteiger partial charge in [0, 0.05) is 11.4 Å². The largest absolute Gasteiger partial charge is 0.496 e. The van der Waals surface area contributed by atoms with E-state index in [2.05, 4.69) is 15.5 Å². The van der Waals surface area contributed by atoms with E-state index in [-0.39, 0.29) is 6.04 Å². The Bertz CT molecular complexity index is 517. The van der Waals surface area contributed by atoms with Gasteiger partial charge in [-0.3, -0.25) is 0 Å². The third-order valence-electron chi connectivity index (χ3n) is 3.09. The first-order valence-corrected chi connectivity index (χ1v) is 6.94. The predicted octanol–water partition coefficient (Wildman–Crippen LogP) is 2.62. The SMILES string of the molecule is COc1csc(-c2nc(C3CCCCN3)no2)c1. The maximum absolute atomic E-state index is 5.32. The van der Waals surface area contributed by atoms with Crippen molar-refractivity contribution in [1.82, 2.24) is 15.5 Å². The van der Waals surface area contributed by atoms with Crippen LogP contribution < -0.4 is 10.1 Å². The van der Waals surface area contributed by atoms with Crippen molar-refractivity contribution in [3.8, 4) is 16.5 Å². The molecule has 1 unspecified atom stereocenters. The molecule has 6 heteroatoms.